The predicted octanol–water partition coefficient (Wildman–Crippen LogP) is 4.54. The molecule has 1 fully saturated rings. The number of rotatable bonds is 6. The molecular formula is C32H27F3N4O4S2. The zero-order valence-electron chi connectivity index (χ0n) is 24.0. The van der Waals surface area contributed by atoms with Gasteiger partial charge < -0.3 is 5.32 Å². The van der Waals surface area contributed by atoms with Crippen LogP contribution in [0.1, 0.15) is 36.0 Å². The lowest BCUT2D eigenvalue weighted by Gasteiger charge is -2.26. The standard InChI is InChI=1S/C32H27F3N4O4S2/c1-21-9-3-4-10-22(21)17-28-30(41)39(25-13-7-11-23(18-25)32(33,34)35)31(44-28)27(20-36)29(40)37-24-12-8-14-26(19-24)45(42,43)38-15-5-2-6-16-38/h3-4,7-14,17-19H,2,5-6,15-16H2,1H3,(H,37,40)/b28-17+,31-27+. The third-order valence-electron chi connectivity index (χ3n) is 7.33. The van der Waals surface area contributed by atoms with E-state index in [9.17, 15) is 36.4 Å². The summed E-state index contributed by atoms with van der Waals surface area (Å²) in [7, 11) is -3.82. The van der Waals surface area contributed by atoms with Crippen molar-refractivity contribution in [2.24, 2.45) is 0 Å². The number of anilines is 1. The first-order chi connectivity index (χ1) is 21.4. The molecule has 2 heterocycles. The Labute approximate surface area is 261 Å². The van der Waals surface area contributed by atoms with Gasteiger partial charge >= 0.3 is 6.18 Å². The summed E-state index contributed by atoms with van der Waals surface area (Å²) in [5, 5.41) is 12.7. The summed E-state index contributed by atoms with van der Waals surface area (Å²) in [5.74, 6) is -0.963. The number of nitrogens with one attached hydrogen (secondary N) is 1. The molecule has 0 aliphatic carbocycles. The zero-order chi connectivity index (χ0) is 32.4. The maximum atomic E-state index is 13.7. The summed E-state index contributed by atoms with van der Waals surface area (Å²) in [5.41, 5.74) is -0.853. The fourth-order valence-electron chi connectivity index (χ4n) is 4.97. The van der Waals surface area contributed by atoms with Crippen molar-refractivity contribution in [2.45, 2.75) is 37.3 Å². The maximum absolute atomic E-state index is 13.7. The average molecular weight is 653 g/mol. The largest absolute Gasteiger partial charge is 0.416 e. The number of sulfonamides is 1. The second kappa shape index (κ2) is 12.8. The number of carbonyl (C=O) groups excluding carboxylic acids is 1. The molecule has 0 bridgehead atoms. The van der Waals surface area contributed by atoms with Gasteiger partial charge in [0, 0.05) is 18.8 Å². The van der Waals surface area contributed by atoms with Gasteiger partial charge in [0.05, 0.1) is 20.7 Å². The lowest BCUT2D eigenvalue weighted by molar-refractivity contribution is -0.137. The molecule has 1 amide bonds. The summed E-state index contributed by atoms with van der Waals surface area (Å²) in [6.45, 7) is 2.60. The van der Waals surface area contributed by atoms with Crippen molar-refractivity contribution in [3.05, 3.63) is 109 Å². The molecule has 0 saturated carbocycles. The summed E-state index contributed by atoms with van der Waals surface area (Å²) < 4.78 is 69.4. The van der Waals surface area contributed by atoms with E-state index in [1.165, 1.54) is 34.6 Å². The van der Waals surface area contributed by atoms with Gasteiger partial charge in [0.25, 0.3) is 11.5 Å². The first-order valence-electron chi connectivity index (χ1n) is 13.9. The van der Waals surface area contributed by atoms with Crippen molar-refractivity contribution < 1.29 is 26.4 Å². The van der Waals surface area contributed by atoms with E-state index in [0.29, 0.717) is 18.7 Å². The number of alkyl halides is 3. The SMILES string of the molecule is Cc1ccccc1/C=c1/s/c(=C(\C#N)C(=O)Nc2cccc(S(=O)(=O)N3CCCCC3)c2)n(-c2cccc(C(F)(F)F)c2)c1=O. The molecule has 1 aliphatic rings. The second-order valence-corrected chi connectivity index (χ2v) is 13.4. The van der Waals surface area contributed by atoms with Crippen molar-refractivity contribution in [2.75, 3.05) is 18.4 Å². The average Bonchev–Trinajstić information content (AvgIpc) is 3.33. The predicted molar refractivity (Wildman–Crippen MR) is 166 cm³/mol. The van der Waals surface area contributed by atoms with Gasteiger partial charge in [0.1, 0.15) is 10.7 Å². The third-order valence-corrected chi connectivity index (χ3v) is 10.3. The van der Waals surface area contributed by atoms with Gasteiger partial charge in [-0.15, -0.1) is 11.3 Å². The number of hydrogen-bond donors (Lipinski definition) is 1. The van der Waals surface area contributed by atoms with Crippen LogP contribution in [0.5, 0.6) is 0 Å². The number of piperidine rings is 1. The van der Waals surface area contributed by atoms with Crippen LogP contribution in [0, 0.1) is 18.3 Å². The van der Waals surface area contributed by atoms with E-state index < -0.39 is 38.8 Å². The Bertz CT molecular complexity index is 2110. The van der Waals surface area contributed by atoms with E-state index in [4.69, 9.17) is 0 Å². The molecule has 3 aromatic carbocycles. The van der Waals surface area contributed by atoms with Crippen molar-refractivity contribution in [1.82, 2.24) is 8.87 Å². The lowest BCUT2D eigenvalue weighted by atomic mass is 10.1. The highest BCUT2D eigenvalue weighted by Crippen LogP contribution is 2.30. The minimum Gasteiger partial charge on any atom is -0.321 e. The number of aryl methyl sites for hydroxylation is 1. The summed E-state index contributed by atoms with van der Waals surface area (Å²) in [4.78, 5) is 27.2. The number of aromatic nitrogens is 1. The minimum absolute atomic E-state index is 0.0344. The highest BCUT2D eigenvalue weighted by atomic mass is 32.2. The molecular weight excluding hydrogens is 626 g/mol. The molecule has 1 saturated heterocycles. The number of nitrogens with zero attached hydrogens (tertiary/aromatic N) is 3. The van der Waals surface area contributed by atoms with Crippen molar-refractivity contribution in [1.29, 1.82) is 5.26 Å². The Hall–Kier alpha value is -4.51. The molecule has 45 heavy (non-hydrogen) atoms. The molecule has 13 heteroatoms. The van der Waals surface area contributed by atoms with E-state index in [0.717, 1.165) is 58.9 Å². The Morgan fingerprint density at radius 3 is 2.40 bits per heavy atom. The van der Waals surface area contributed by atoms with Crippen molar-refractivity contribution in [3.8, 4) is 11.8 Å². The van der Waals surface area contributed by atoms with Crippen LogP contribution in [-0.4, -0.2) is 36.3 Å². The number of hydrogen-bond acceptors (Lipinski definition) is 6. The van der Waals surface area contributed by atoms with Crippen molar-refractivity contribution in [3.63, 3.8) is 0 Å². The Morgan fingerprint density at radius 2 is 1.71 bits per heavy atom. The summed E-state index contributed by atoms with van der Waals surface area (Å²) >= 11 is 0.786. The monoisotopic (exact) mass is 652 g/mol. The van der Waals surface area contributed by atoms with Crippen LogP contribution in [-0.2, 0) is 21.0 Å². The quantitative estimate of drug-likeness (QED) is 0.329. The van der Waals surface area contributed by atoms with Crippen molar-refractivity contribution >= 4 is 44.6 Å². The molecule has 4 aromatic rings. The number of halogens is 3. The van der Waals surface area contributed by atoms with Gasteiger partial charge in [-0.2, -0.15) is 22.7 Å². The Morgan fingerprint density at radius 1 is 1.00 bits per heavy atom. The Kier molecular flexibility index (Phi) is 9.11. The van der Waals surface area contributed by atoms with E-state index >= 15 is 0 Å². The first-order valence-corrected chi connectivity index (χ1v) is 16.2. The number of benzene rings is 3. The lowest BCUT2D eigenvalue weighted by Crippen LogP contribution is -2.35. The second-order valence-electron chi connectivity index (χ2n) is 10.4. The molecule has 0 unspecified atom stereocenters. The van der Waals surface area contributed by atoms with Gasteiger partial charge in [-0.05, 0) is 73.4 Å². The van der Waals surface area contributed by atoms with E-state index in [1.54, 1.807) is 24.3 Å². The van der Waals surface area contributed by atoms with Crippen LogP contribution >= 0.6 is 11.3 Å². The van der Waals surface area contributed by atoms with Crippen LogP contribution in [0.4, 0.5) is 18.9 Å². The van der Waals surface area contributed by atoms with Gasteiger partial charge in [-0.25, -0.2) is 8.42 Å². The van der Waals surface area contributed by atoms with E-state index in [-0.39, 0.29) is 25.5 Å². The third kappa shape index (κ3) is 6.78. The molecule has 0 spiro atoms. The highest BCUT2D eigenvalue weighted by molar-refractivity contribution is 7.89. The Balaban J connectivity index is 1.64. The molecule has 1 N–H and O–H groups in total. The van der Waals surface area contributed by atoms with E-state index in [2.05, 4.69) is 5.32 Å². The normalized spacial score (nSPS) is 15.4. The van der Waals surface area contributed by atoms with Gasteiger partial charge in [-0.3, -0.25) is 14.2 Å². The van der Waals surface area contributed by atoms with Gasteiger partial charge in [-0.1, -0.05) is 42.8 Å². The fourth-order valence-corrected chi connectivity index (χ4v) is 7.63. The first kappa shape index (κ1) is 31.9. The number of carbonyl (C=O) groups is 1. The number of amides is 1. The number of thiazole rings is 1. The van der Waals surface area contributed by atoms with Crippen LogP contribution in [0.2, 0.25) is 0 Å². The zero-order valence-corrected chi connectivity index (χ0v) is 25.6. The smallest absolute Gasteiger partial charge is 0.321 e. The molecule has 0 radical (unpaired) electrons. The maximum Gasteiger partial charge on any atom is 0.416 e. The molecule has 5 rings (SSSR count). The molecule has 0 atom stereocenters. The van der Waals surface area contributed by atoms with Crippen LogP contribution in [0.3, 0.4) is 0 Å². The van der Waals surface area contributed by atoms with Gasteiger partial charge in [0.15, 0.2) is 5.57 Å². The van der Waals surface area contributed by atoms with Crippen LogP contribution < -0.4 is 20.1 Å². The molecule has 232 valence electrons. The summed E-state index contributed by atoms with van der Waals surface area (Å²) in [6.07, 6.45) is -0.725. The molecule has 1 aromatic heterocycles. The van der Waals surface area contributed by atoms with Crippen LogP contribution in [0.25, 0.3) is 17.3 Å². The molecule has 1 aliphatic heterocycles. The topological polar surface area (TPSA) is 112 Å². The highest BCUT2D eigenvalue weighted by Gasteiger charge is 2.31. The van der Waals surface area contributed by atoms with Gasteiger partial charge in [0.2, 0.25) is 10.0 Å². The number of nitriles is 1. The minimum atomic E-state index is -4.70. The van der Waals surface area contributed by atoms with E-state index in [1.807, 2.05) is 19.1 Å². The van der Waals surface area contributed by atoms with Crippen LogP contribution in [0.15, 0.2) is 82.5 Å². The summed E-state index contributed by atoms with van der Waals surface area (Å²) in [6, 6.07) is 18.6. The molecule has 8 nitrogen and oxygen atoms in total. The fraction of sp³-hybridized carbons (Fsp3) is 0.219.